The van der Waals surface area contributed by atoms with Crippen LogP contribution in [0.15, 0.2) is 47.4 Å². The van der Waals surface area contributed by atoms with Crippen molar-refractivity contribution in [2.45, 2.75) is 25.3 Å². The number of H-pyrrole nitrogens is 1. The lowest BCUT2D eigenvalue weighted by atomic mass is 9.92. The first-order chi connectivity index (χ1) is 11.7. The van der Waals surface area contributed by atoms with Crippen LogP contribution in [0.4, 0.5) is 0 Å². The molecule has 0 saturated heterocycles. The molecular weight excluding hydrogens is 304 g/mol. The lowest BCUT2D eigenvalue weighted by molar-refractivity contribution is 0.0933. The summed E-state index contributed by atoms with van der Waals surface area (Å²) in [7, 11) is 0. The molecular formula is C18H16N4O2. The van der Waals surface area contributed by atoms with E-state index in [0.717, 1.165) is 35.0 Å². The molecule has 1 aliphatic rings. The van der Waals surface area contributed by atoms with E-state index in [1.165, 1.54) is 0 Å². The van der Waals surface area contributed by atoms with Gasteiger partial charge in [-0.15, -0.1) is 0 Å². The van der Waals surface area contributed by atoms with Crippen molar-refractivity contribution in [2.24, 2.45) is 0 Å². The molecule has 24 heavy (non-hydrogen) atoms. The van der Waals surface area contributed by atoms with Crippen LogP contribution in [-0.4, -0.2) is 27.1 Å². The van der Waals surface area contributed by atoms with Crippen LogP contribution in [0.5, 0.6) is 0 Å². The van der Waals surface area contributed by atoms with Crippen LogP contribution in [0.3, 0.4) is 0 Å². The molecule has 0 radical (unpaired) electrons. The number of aryl methyl sites for hydroxylation is 1. The summed E-state index contributed by atoms with van der Waals surface area (Å²) in [5.74, 6) is -0.105. The number of hydrogen-bond acceptors (Lipinski definition) is 4. The highest BCUT2D eigenvalue weighted by Crippen LogP contribution is 2.19. The molecule has 0 unspecified atom stereocenters. The molecule has 0 fully saturated rings. The van der Waals surface area contributed by atoms with Gasteiger partial charge in [0.2, 0.25) is 0 Å². The monoisotopic (exact) mass is 320 g/mol. The van der Waals surface area contributed by atoms with Crippen molar-refractivity contribution in [3.63, 3.8) is 0 Å². The fraction of sp³-hybridized carbons (Fsp3) is 0.222. The molecule has 2 N–H and O–H groups in total. The average molecular weight is 320 g/mol. The Labute approximate surface area is 137 Å². The Bertz CT molecular complexity index is 980. The minimum absolute atomic E-state index is 0.0122. The molecule has 1 atom stereocenters. The van der Waals surface area contributed by atoms with Crippen LogP contribution in [0.25, 0.3) is 10.9 Å². The van der Waals surface area contributed by atoms with E-state index < -0.39 is 0 Å². The topological polar surface area (TPSA) is 87.7 Å². The molecule has 3 aromatic rings. The number of benzene rings is 1. The van der Waals surface area contributed by atoms with Crippen LogP contribution >= 0.6 is 0 Å². The SMILES string of the molecule is O=C(N[C@@H]1CCc2n[nH]c(=O)cc2C1)c1ccc2ncccc2c1. The number of pyridine rings is 1. The first kappa shape index (κ1) is 14.6. The maximum absolute atomic E-state index is 12.5. The Morgan fingerprint density at radius 3 is 3.08 bits per heavy atom. The third kappa shape index (κ3) is 2.78. The van der Waals surface area contributed by atoms with Gasteiger partial charge in [0.15, 0.2) is 0 Å². The Balaban J connectivity index is 1.52. The number of rotatable bonds is 2. The van der Waals surface area contributed by atoms with Gasteiger partial charge in [-0.1, -0.05) is 6.07 Å². The van der Waals surface area contributed by atoms with Crippen molar-refractivity contribution < 1.29 is 4.79 Å². The minimum atomic E-state index is -0.206. The molecule has 2 aromatic heterocycles. The highest BCUT2D eigenvalue weighted by Gasteiger charge is 2.22. The Hall–Kier alpha value is -3.02. The van der Waals surface area contributed by atoms with Crippen LogP contribution in [-0.2, 0) is 12.8 Å². The molecule has 6 nitrogen and oxygen atoms in total. The molecule has 6 heteroatoms. The number of nitrogens with zero attached hydrogens (tertiary/aromatic N) is 2. The van der Waals surface area contributed by atoms with Crippen molar-refractivity contribution >= 4 is 16.8 Å². The molecule has 4 rings (SSSR count). The number of hydrogen-bond donors (Lipinski definition) is 2. The van der Waals surface area contributed by atoms with Gasteiger partial charge in [0, 0.05) is 29.3 Å². The molecule has 1 aromatic carbocycles. The number of carbonyl (C=O) groups excluding carboxylic acids is 1. The van der Waals surface area contributed by atoms with Gasteiger partial charge in [0.1, 0.15) is 0 Å². The summed E-state index contributed by atoms with van der Waals surface area (Å²) in [5, 5.41) is 10.5. The van der Waals surface area contributed by atoms with E-state index >= 15 is 0 Å². The molecule has 2 heterocycles. The van der Waals surface area contributed by atoms with E-state index in [9.17, 15) is 9.59 Å². The van der Waals surface area contributed by atoms with Crippen LogP contribution in [0.1, 0.15) is 28.0 Å². The van der Waals surface area contributed by atoms with Crippen molar-refractivity contribution in [2.75, 3.05) is 0 Å². The first-order valence-electron chi connectivity index (χ1n) is 7.92. The zero-order valence-corrected chi connectivity index (χ0v) is 13.0. The second-order valence-corrected chi connectivity index (χ2v) is 6.03. The van der Waals surface area contributed by atoms with Crippen molar-refractivity contribution in [1.82, 2.24) is 20.5 Å². The zero-order valence-electron chi connectivity index (χ0n) is 13.0. The second-order valence-electron chi connectivity index (χ2n) is 6.03. The molecule has 0 saturated carbocycles. The van der Waals surface area contributed by atoms with Gasteiger partial charge in [-0.2, -0.15) is 5.10 Å². The lowest BCUT2D eigenvalue weighted by Gasteiger charge is -2.24. The normalized spacial score (nSPS) is 16.6. The quantitative estimate of drug-likeness (QED) is 0.751. The lowest BCUT2D eigenvalue weighted by Crippen LogP contribution is -2.39. The minimum Gasteiger partial charge on any atom is -0.349 e. The summed E-state index contributed by atoms with van der Waals surface area (Å²) < 4.78 is 0. The first-order valence-corrected chi connectivity index (χ1v) is 7.92. The van der Waals surface area contributed by atoms with Crippen molar-refractivity contribution in [3.8, 4) is 0 Å². The predicted molar refractivity (Wildman–Crippen MR) is 89.9 cm³/mol. The summed E-state index contributed by atoms with van der Waals surface area (Å²) in [5.41, 5.74) is 3.11. The highest BCUT2D eigenvalue weighted by atomic mass is 16.1. The van der Waals surface area contributed by atoms with E-state index in [2.05, 4.69) is 20.5 Å². The maximum atomic E-state index is 12.5. The smallest absolute Gasteiger partial charge is 0.264 e. The van der Waals surface area contributed by atoms with Gasteiger partial charge < -0.3 is 5.32 Å². The maximum Gasteiger partial charge on any atom is 0.264 e. The third-order valence-electron chi connectivity index (χ3n) is 4.37. The number of carbonyl (C=O) groups is 1. The number of fused-ring (bicyclic) bond motifs is 2. The molecule has 1 amide bonds. The van der Waals surface area contributed by atoms with E-state index in [0.29, 0.717) is 12.0 Å². The van der Waals surface area contributed by atoms with Crippen molar-refractivity contribution in [1.29, 1.82) is 0 Å². The van der Waals surface area contributed by atoms with E-state index in [4.69, 9.17) is 0 Å². The number of aromatic amines is 1. The predicted octanol–water partition coefficient (Wildman–Crippen LogP) is 1.61. The summed E-state index contributed by atoms with van der Waals surface area (Å²) in [6.07, 6.45) is 3.93. The summed E-state index contributed by atoms with van der Waals surface area (Å²) >= 11 is 0. The Kier molecular flexibility index (Phi) is 3.57. The van der Waals surface area contributed by atoms with Gasteiger partial charge in [-0.3, -0.25) is 14.6 Å². The molecule has 120 valence electrons. The Morgan fingerprint density at radius 2 is 2.17 bits per heavy atom. The molecule has 0 spiro atoms. The van der Waals surface area contributed by atoms with Crippen LogP contribution < -0.4 is 10.9 Å². The fourth-order valence-corrected chi connectivity index (χ4v) is 3.15. The van der Waals surface area contributed by atoms with E-state index in [-0.39, 0.29) is 17.5 Å². The van der Waals surface area contributed by atoms with E-state index in [1.54, 1.807) is 18.3 Å². The van der Waals surface area contributed by atoms with E-state index in [1.807, 2.05) is 24.3 Å². The number of nitrogens with one attached hydrogen (secondary N) is 2. The summed E-state index contributed by atoms with van der Waals surface area (Å²) in [6.45, 7) is 0. The average Bonchev–Trinajstić information content (AvgIpc) is 2.61. The van der Waals surface area contributed by atoms with Gasteiger partial charge in [-0.05, 0) is 49.1 Å². The van der Waals surface area contributed by atoms with Gasteiger partial charge >= 0.3 is 0 Å². The second kappa shape index (κ2) is 5.88. The third-order valence-corrected chi connectivity index (χ3v) is 4.37. The van der Waals surface area contributed by atoms with Gasteiger partial charge in [0.05, 0.1) is 11.2 Å². The highest BCUT2D eigenvalue weighted by molar-refractivity contribution is 5.98. The zero-order chi connectivity index (χ0) is 16.5. The molecule has 0 aliphatic heterocycles. The van der Waals surface area contributed by atoms with Crippen molar-refractivity contribution in [3.05, 3.63) is 69.8 Å². The standard InChI is InChI=1S/C18H16N4O2/c23-17-10-13-9-14(4-6-16(13)21-22-17)20-18(24)12-3-5-15-11(8-12)2-1-7-19-15/h1-3,5,7-8,10,14H,4,6,9H2,(H,20,24)(H,22,23)/t14-/m1/s1. The summed E-state index contributed by atoms with van der Waals surface area (Å²) in [4.78, 5) is 28.2. The Morgan fingerprint density at radius 1 is 1.25 bits per heavy atom. The number of aromatic nitrogens is 3. The largest absolute Gasteiger partial charge is 0.349 e. The van der Waals surface area contributed by atoms with Crippen LogP contribution in [0.2, 0.25) is 0 Å². The molecule has 0 bridgehead atoms. The van der Waals surface area contributed by atoms with Gasteiger partial charge in [-0.25, -0.2) is 5.10 Å². The molecule has 1 aliphatic carbocycles. The van der Waals surface area contributed by atoms with Gasteiger partial charge in [0.25, 0.3) is 11.5 Å². The summed E-state index contributed by atoms with van der Waals surface area (Å²) in [6, 6.07) is 10.9. The fourth-order valence-electron chi connectivity index (χ4n) is 3.15. The van der Waals surface area contributed by atoms with Crippen LogP contribution in [0, 0.1) is 0 Å². The number of amides is 1.